The third kappa shape index (κ3) is 5.42. The maximum Gasteiger partial charge on any atom is 0.00927 e. The first-order chi connectivity index (χ1) is 8.17. The minimum Gasteiger partial charge on any atom is -0.314 e. The highest BCUT2D eigenvalue weighted by molar-refractivity contribution is 4.82. The number of hydrogen-bond donors (Lipinski definition) is 1. The summed E-state index contributed by atoms with van der Waals surface area (Å²) in [5, 5.41) is 3.76. The van der Waals surface area contributed by atoms with Crippen LogP contribution in [-0.2, 0) is 0 Å². The summed E-state index contributed by atoms with van der Waals surface area (Å²) >= 11 is 0. The molecule has 1 nitrogen and oxygen atoms in total. The van der Waals surface area contributed by atoms with Crippen molar-refractivity contribution in [2.45, 2.75) is 78.7 Å². The van der Waals surface area contributed by atoms with Crippen LogP contribution in [0.5, 0.6) is 0 Å². The highest BCUT2D eigenvalue weighted by Crippen LogP contribution is 2.35. The highest BCUT2D eigenvalue weighted by atomic mass is 14.9. The van der Waals surface area contributed by atoms with E-state index in [-0.39, 0.29) is 0 Å². The first-order valence-corrected chi connectivity index (χ1v) is 7.90. The van der Waals surface area contributed by atoms with Gasteiger partial charge in [-0.1, -0.05) is 40.5 Å². The number of rotatable bonds is 7. The summed E-state index contributed by atoms with van der Waals surface area (Å²) in [7, 11) is 0. The second kappa shape index (κ2) is 8.13. The molecule has 1 heteroatoms. The van der Waals surface area contributed by atoms with Crippen LogP contribution in [0.15, 0.2) is 0 Å². The quantitative estimate of drug-likeness (QED) is 0.683. The Morgan fingerprint density at radius 1 is 1.18 bits per heavy atom. The first kappa shape index (κ1) is 15.0. The molecule has 0 aromatic rings. The SMILES string of the molecule is CCCNC(CC)C1CCCC(CC(C)C)C1. The van der Waals surface area contributed by atoms with Crippen LogP contribution in [-0.4, -0.2) is 12.6 Å². The molecule has 3 unspecified atom stereocenters. The molecule has 1 N–H and O–H groups in total. The van der Waals surface area contributed by atoms with Gasteiger partial charge in [-0.15, -0.1) is 0 Å². The van der Waals surface area contributed by atoms with Crippen molar-refractivity contribution in [1.29, 1.82) is 0 Å². The normalized spacial score (nSPS) is 27.4. The Balaban J connectivity index is 2.40. The molecule has 3 atom stereocenters. The van der Waals surface area contributed by atoms with E-state index in [2.05, 4.69) is 33.0 Å². The van der Waals surface area contributed by atoms with Gasteiger partial charge in [0, 0.05) is 6.04 Å². The van der Waals surface area contributed by atoms with Gasteiger partial charge in [0.05, 0.1) is 0 Å². The van der Waals surface area contributed by atoms with Gasteiger partial charge in [-0.3, -0.25) is 0 Å². The van der Waals surface area contributed by atoms with E-state index in [1.807, 2.05) is 0 Å². The van der Waals surface area contributed by atoms with Crippen LogP contribution in [0, 0.1) is 17.8 Å². The molecule has 0 radical (unpaired) electrons. The zero-order valence-corrected chi connectivity index (χ0v) is 12.5. The molecule has 1 aliphatic carbocycles. The lowest BCUT2D eigenvalue weighted by Gasteiger charge is -2.35. The maximum absolute atomic E-state index is 3.76. The lowest BCUT2D eigenvalue weighted by atomic mass is 9.74. The molecule has 0 aliphatic heterocycles. The van der Waals surface area contributed by atoms with Crippen LogP contribution in [0.25, 0.3) is 0 Å². The smallest absolute Gasteiger partial charge is 0.00927 e. The van der Waals surface area contributed by atoms with Gasteiger partial charge in [0.2, 0.25) is 0 Å². The summed E-state index contributed by atoms with van der Waals surface area (Å²) in [5.41, 5.74) is 0. The van der Waals surface area contributed by atoms with E-state index in [0.717, 1.165) is 23.8 Å². The summed E-state index contributed by atoms with van der Waals surface area (Å²) in [6, 6.07) is 0.782. The predicted octanol–water partition coefficient (Wildman–Crippen LogP) is 4.62. The molecule has 0 heterocycles. The molecule has 0 aromatic heterocycles. The molecule has 0 spiro atoms. The second-order valence-corrected chi connectivity index (χ2v) is 6.39. The average molecular weight is 239 g/mol. The van der Waals surface area contributed by atoms with Crippen molar-refractivity contribution in [3.8, 4) is 0 Å². The van der Waals surface area contributed by atoms with Crippen molar-refractivity contribution < 1.29 is 0 Å². The molecular formula is C16H33N. The molecule has 0 bridgehead atoms. The summed E-state index contributed by atoms with van der Waals surface area (Å²) in [6.07, 6.45) is 9.90. The Labute approximate surface area is 109 Å². The third-order valence-electron chi connectivity index (χ3n) is 4.29. The van der Waals surface area contributed by atoms with E-state index in [1.165, 1.54) is 51.5 Å². The van der Waals surface area contributed by atoms with Gasteiger partial charge in [0.15, 0.2) is 0 Å². The zero-order chi connectivity index (χ0) is 12.7. The lowest BCUT2D eigenvalue weighted by molar-refractivity contribution is 0.190. The van der Waals surface area contributed by atoms with Gasteiger partial charge >= 0.3 is 0 Å². The summed E-state index contributed by atoms with van der Waals surface area (Å²) in [6.45, 7) is 10.6. The van der Waals surface area contributed by atoms with Crippen LogP contribution in [0.2, 0.25) is 0 Å². The van der Waals surface area contributed by atoms with Gasteiger partial charge in [-0.25, -0.2) is 0 Å². The first-order valence-electron chi connectivity index (χ1n) is 7.90. The fourth-order valence-electron chi connectivity index (χ4n) is 3.55. The van der Waals surface area contributed by atoms with Crippen LogP contribution >= 0.6 is 0 Å². The molecule has 1 rings (SSSR count). The van der Waals surface area contributed by atoms with E-state index < -0.39 is 0 Å². The summed E-state index contributed by atoms with van der Waals surface area (Å²) in [5.74, 6) is 2.83. The van der Waals surface area contributed by atoms with Crippen molar-refractivity contribution >= 4 is 0 Å². The Kier molecular flexibility index (Phi) is 7.18. The zero-order valence-electron chi connectivity index (χ0n) is 12.5. The van der Waals surface area contributed by atoms with Gasteiger partial charge in [-0.05, 0) is 56.4 Å². The Morgan fingerprint density at radius 2 is 1.94 bits per heavy atom. The molecular weight excluding hydrogens is 206 g/mol. The average Bonchev–Trinajstić information content (AvgIpc) is 2.30. The van der Waals surface area contributed by atoms with E-state index >= 15 is 0 Å². The number of hydrogen-bond acceptors (Lipinski definition) is 1. The molecule has 0 saturated heterocycles. The standard InChI is InChI=1S/C16H33N/c1-5-10-17-16(6-2)15-9-7-8-14(12-15)11-13(3)4/h13-17H,5-12H2,1-4H3. The van der Waals surface area contributed by atoms with E-state index in [0.29, 0.717) is 0 Å². The highest BCUT2D eigenvalue weighted by Gasteiger charge is 2.27. The third-order valence-corrected chi connectivity index (χ3v) is 4.29. The Bertz CT molecular complexity index is 188. The second-order valence-electron chi connectivity index (χ2n) is 6.39. The van der Waals surface area contributed by atoms with Gasteiger partial charge in [-0.2, -0.15) is 0 Å². The fraction of sp³-hybridized carbons (Fsp3) is 1.00. The molecule has 1 fully saturated rings. The predicted molar refractivity (Wildman–Crippen MR) is 77.3 cm³/mol. The van der Waals surface area contributed by atoms with E-state index in [1.54, 1.807) is 0 Å². The summed E-state index contributed by atoms with van der Waals surface area (Å²) in [4.78, 5) is 0. The molecule has 1 aliphatic rings. The molecule has 102 valence electrons. The molecule has 0 amide bonds. The van der Waals surface area contributed by atoms with Crippen molar-refractivity contribution in [2.75, 3.05) is 6.54 Å². The van der Waals surface area contributed by atoms with Crippen LogP contribution in [0.1, 0.15) is 72.6 Å². The minimum absolute atomic E-state index is 0.782. The molecule has 17 heavy (non-hydrogen) atoms. The van der Waals surface area contributed by atoms with Crippen molar-refractivity contribution in [2.24, 2.45) is 17.8 Å². The van der Waals surface area contributed by atoms with Crippen LogP contribution in [0.3, 0.4) is 0 Å². The minimum atomic E-state index is 0.782. The lowest BCUT2D eigenvalue weighted by Crippen LogP contribution is -2.38. The summed E-state index contributed by atoms with van der Waals surface area (Å²) < 4.78 is 0. The topological polar surface area (TPSA) is 12.0 Å². The van der Waals surface area contributed by atoms with Gasteiger partial charge in [0.25, 0.3) is 0 Å². The van der Waals surface area contributed by atoms with Gasteiger partial charge < -0.3 is 5.32 Å². The fourth-order valence-corrected chi connectivity index (χ4v) is 3.55. The molecule has 0 aromatic carbocycles. The number of nitrogens with one attached hydrogen (secondary N) is 1. The van der Waals surface area contributed by atoms with E-state index in [4.69, 9.17) is 0 Å². The Morgan fingerprint density at radius 3 is 2.53 bits per heavy atom. The van der Waals surface area contributed by atoms with Crippen molar-refractivity contribution in [1.82, 2.24) is 5.32 Å². The van der Waals surface area contributed by atoms with Crippen molar-refractivity contribution in [3.63, 3.8) is 0 Å². The van der Waals surface area contributed by atoms with E-state index in [9.17, 15) is 0 Å². The Hall–Kier alpha value is -0.0400. The van der Waals surface area contributed by atoms with Crippen LogP contribution < -0.4 is 5.32 Å². The maximum atomic E-state index is 3.76. The largest absolute Gasteiger partial charge is 0.314 e. The van der Waals surface area contributed by atoms with Crippen LogP contribution in [0.4, 0.5) is 0 Å². The van der Waals surface area contributed by atoms with Crippen molar-refractivity contribution in [3.05, 3.63) is 0 Å². The monoisotopic (exact) mass is 239 g/mol. The van der Waals surface area contributed by atoms with Gasteiger partial charge in [0.1, 0.15) is 0 Å². The molecule has 1 saturated carbocycles.